The summed E-state index contributed by atoms with van der Waals surface area (Å²) < 4.78 is 16.8. The maximum Gasteiger partial charge on any atom is 0.295 e. The Bertz CT molecular complexity index is 1170. The summed E-state index contributed by atoms with van der Waals surface area (Å²) in [5.74, 6) is -0.271. The summed E-state index contributed by atoms with van der Waals surface area (Å²) in [5.41, 5.74) is 1.20. The molecule has 2 aromatic carbocycles. The molecule has 2 heterocycles. The zero-order valence-electron chi connectivity index (χ0n) is 22.1. The molecule has 2 fully saturated rings. The molecule has 2 aromatic rings. The first-order valence-electron chi connectivity index (χ1n) is 13.1. The second-order valence-corrected chi connectivity index (χ2v) is 9.66. The fraction of sp³-hybridized carbons (Fsp3) is 0.400. The third-order valence-electron chi connectivity index (χ3n) is 6.56. The van der Waals surface area contributed by atoms with Crippen molar-refractivity contribution in [1.82, 2.24) is 9.80 Å². The number of aliphatic hydroxyl groups excluding tert-OH is 1. The summed E-state index contributed by atoms with van der Waals surface area (Å²) in [5, 5.41) is 11.3. The van der Waals surface area contributed by atoms with Gasteiger partial charge in [0.1, 0.15) is 23.9 Å². The van der Waals surface area contributed by atoms with E-state index in [1.165, 1.54) is 0 Å². The van der Waals surface area contributed by atoms with E-state index in [1.54, 1.807) is 35.2 Å². The van der Waals surface area contributed by atoms with Crippen molar-refractivity contribution < 1.29 is 28.9 Å². The third-order valence-corrected chi connectivity index (χ3v) is 6.56. The van der Waals surface area contributed by atoms with Crippen LogP contribution in [0.2, 0.25) is 0 Å². The number of amides is 1. The number of ketones is 1. The van der Waals surface area contributed by atoms with Crippen LogP contribution in [-0.4, -0.2) is 78.7 Å². The number of hydrogen-bond acceptors (Lipinski definition) is 7. The highest BCUT2D eigenvalue weighted by molar-refractivity contribution is 6.46. The Hall–Kier alpha value is -3.62. The molecule has 0 radical (unpaired) electrons. The summed E-state index contributed by atoms with van der Waals surface area (Å²) in [6.07, 6.45) is 2.35. The van der Waals surface area contributed by atoms with Crippen LogP contribution < -0.4 is 9.47 Å². The van der Waals surface area contributed by atoms with Gasteiger partial charge in [0.25, 0.3) is 11.7 Å². The number of nitrogens with zero attached hydrogens (tertiary/aromatic N) is 2. The van der Waals surface area contributed by atoms with E-state index in [0.29, 0.717) is 55.4 Å². The van der Waals surface area contributed by atoms with Gasteiger partial charge in [-0.25, -0.2) is 0 Å². The number of likely N-dealkylation sites (tertiary alicyclic amines) is 1. The number of carbonyl (C=O) groups is 2. The standard InChI is InChI=1S/C30H36N2O6/c1-4-17-37-25-8-5-7-23(20-25)27-26(28(33)22-9-11-24(12-10-22)38-21(2)3)29(34)30(35)32(27)14-6-13-31-15-18-36-19-16-31/h4-5,7-12,20-21,27,33H,1,6,13-19H2,2-3H3/t27-/m1/s1. The Morgan fingerprint density at radius 1 is 1.11 bits per heavy atom. The van der Waals surface area contributed by atoms with Crippen molar-refractivity contribution in [2.75, 3.05) is 46.0 Å². The maximum atomic E-state index is 13.3. The molecule has 0 aromatic heterocycles. The van der Waals surface area contributed by atoms with Gasteiger partial charge in [-0.15, -0.1) is 0 Å². The van der Waals surface area contributed by atoms with Crippen molar-refractivity contribution in [3.05, 3.63) is 77.9 Å². The Balaban J connectivity index is 1.67. The topological polar surface area (TPSA) is 88.5 Å². The molecule has 8 nitrogen and oxygen atoms in total. The molecule has 8 heteroatoms. The van der Waals surface area contributed by atoms with Gasteiger partial charge in [-0.05, 0) is 62.2 Å². The zero-order valence-corrected chi connectivity index (χ0v) is 22.1. The molecule has 0 unspecified atom stereocenters. The van der Waals surface area contributed by atoms with Crippen LogP contribution in [0.3, 0.4) is 0 Å². The molecular formula is C30H36N2O6. The fourth-order valence-corrected chi connectivity index (χ4v) is 4.80. The molecule has 0 aliphatic carbocycles. The first-order chi connectivity index (χ1) is 18.4. The number of benzene rings is 2. The van der Waals surface area contributed by atoms with Gasteiger partial charge in [0.2, 0.25) is 0 Å². The largest absolute Gasteiger partial charge is 0.507 e. The lowest BCUT2D eigenvalue weighted by Crippen LogP contribution is -2.38. The SMILES string of the molecule is C=CCOc1cccc([C@@H]2C(=C(O)c3ccc(OC(C)C)cc3)C(=O)C(=O)N2CCCN2CCOCC2)c1. The second kappa shape index (κ2) is 12.8. The van der Waals surface area contributed by atoms with Gasteiger partial charge in [0, 0.05) is 31.7 Å². The average molecular weight is 521 g/mol. The molecule has 0 spiro atoms. The van der Waals surface area contributed by atoms with Crippen molar-refractivity contribution in [1.29, 1.82) is 0 Å². The first kappa shape index (κ1) is 27.4. The van der Waals surface area contributed by atoms with Gasteiger partial charge >= 0.3 is 0 Å². The predicted molar refractivity (Wildman–Crippen MR) is 145 cm³/mol. The maximum absolute atomic E-state index is 13.3. The van der Waals surface area contributed by atoms with E-state index in [9.17, 15) is 14.7 Å². The Kier molecular flexibility index (Phi) is 9.20. The number of hydrogen-bond donors (Lipinski definition) is 1. The first-order valence-corrected chi connectivity index (χ1v) is 13.1. The van der Waals surface area contributed by atoms with Crippen molar-refractivity contribution in [3.63, 3.8) is 0 Å². The molecular weight excluding hydrogens is 484 g/mol. The minimum absolute atomic E-state index is 0.00724. The number of Topliss-reactive ketones (excluding diaryl/α,β-unsaturated/α-hetero) is 1. The Morgan fingerprint density at radius 2 is 1.84 bits per heavy atom. The minimum Gasteiger partial charge on any atom is -0.507 e. The van der Waals surface area contributed by atoms with E-state index >= 15 is 0 Å². The van der Waals surface area contributed by atoms with Gasteiger partial charge in [-0.2, -0.15) is 0 Å². The summed E-state index contributed by atoms with van der Waals surface area (Å²) in [6, 6.07) is 13.4. The highest BCUT2D eigenvalue weighted by Crippen LogP contribution is 2.40. The van der Waals surface area contributed by atoms with Crippen LogP contribution in [0.25, 0.3) is 5.76 Å². The lowest BCUT2D eigenvalue weighted by Gasteiger charge is -2.29. The van der Waals surface area contributed by atoms with Gasteiger partial charge in [-0.3, -0.25) is 14.5 Å². The lowest BCUT2D eigenvalue weighted by molar-refractivity contribution is -0.140. The van der Waals surface area contributed by atoms with Crippen LogP contribution >= 0.6 is 0 Å². The van der Waals surface area contributed by atoms with Gasteiger partial charge in [-0.1, -0.05) is 24.8 Å². The van der Waals surface area contributed by atoms with Gasteiger partial charge in [0.15, 0.2) is 0 Å². The number of morpholine rings is 1. The van der Waals surface area contributed by atoms with E-state index in [1.807, 2.05) is 38.1 Å². The van der Waals surface area contributed by atoms with Crippen LogP contribution in [0.1, 0.15) is 37.4 Å². The molecule has 0 saturated carbocycles. The number of aliphatic hydroxyl groups is 1. The highest BCUT2D eigenvalue weighted by Gasteiger charge is 2.46. The van der Waals surface area contributed by atoms with Crippen molar-refractivity contribution in [2.45, 2.75) is 32.4 Å². The molecule has 38 heavy (non-hydrogen) atoms. The number of carbonyl (C=O) groups excluding carboxylic acids is 2. The molecule has 0 bridgehead atoms. The second-order valence-electron chi connectivity index (χ2n) is 9.66. The van der Waals surface area contributed by atoms with Crippen LogP contribution in [0.4, 0.5) is 0 Å². The molecule has 2 aliphatic heterocycles. The summed E-state index contributed by atoms with van der Waals surface area (Å²) in [7, 11) is 0. The number of ether oxygens (including phenoxy) is 3. The minimum atomic E-state index is -0.737. The van der Waals surface area contributed by atoms with Crippen molar-refractivity contribution in [3.8, 4) is 11.5 Å². The monoisotopic (exact) mass is 520 g/mol. The van der Waals surface area contributed by atoms with Crippen molar-refractivity contribution >= 4 is 17.4 Å². The Morgan fingerprint density at radius 3 is 2.53 bits per heavy atom. The van der Waals surface area contributed by atoms with Gasteiger partial charge in [0.05, 0.1) is 30.9 Å². The fourth-order valence-electron chi connectivity index (χ4n) is 4.80. The molecule has 2 saturated heterocycles. The van der Waals surface area contributed by atoms with Gasteiger partial charge < -0.3 is 24.2 Å². The summed E-state index contributed by atoms with van der Waals surface area (Å²) in [6.45, 7) is 12.1. The van der Waals surface area contributed by atoms with Crippen LogP contribution in [0, 0.1) is 0 Å². The van der Waals surface area contributed by atoms with E-state index in [4.69, 9.17) is 14.2 Å². The molecule has 1 N–H and O–H groups in total. The quantitative estimate of drug-likeness (QED) is 0.206. The molecule has 202 valence electrons. The van der Waals surface area contributed by atoms with E-state index in [-0.39, 0.29) is 17.4 Å². The molecule has 1 amide bonds. The lowest BCUT2D eigenvalue weighted by atomic mass is 9.95. The Labute approximate surface area is 224 Å². The molecule has 4 rings (SSSR count). The highest BCUT2D eigenvalue weighted by atomic mass is 16.5. The summed E-state index contributed by atoms with van der Waals surface area (Å²) in [4.78, 5) is 30.5. The smallest absolute Gasteiger partial charge is 0.295 e. The van der Waals surface area contributed by atoms with Crippen LogP contribution in [-0.2, 0) is 14.3 Å². The van der Waals surface area contributed by atoms with Crippen LogP contribution in [0.5, 0.6) is 11.5 Å². The van der Waals surface area contributed by atoms with E-state index < -0.39 is 17.7 Å². The predicted octanol–water partition coefficient (Wildman–Crippen LogP) is 4.18. The van der Waals surface area contributed by atoms with E-state index in [2.05, 4.69) is 11.5 Å². The zero-order chi connectivity index (χ0) is 27.1. The third kappa shape index (κ3) is 6.44. The molecule has 1 atom stereocenters. The van der Waals surface area contributed by atoms with E-state index in [0.717, 1.165) is 19.6 Å². The average Bonchev–Trinajstić information content (AvgIpc) is 3.17. The summed E-state index contributed by atoms with van der Waals surface area (Å²) >= 11 is 0. The van der Waals surface area contributed by atoms with Crippen molar-refractivity contribution in [2.24, 2.45) is 0 Å². The number of rotatable bonds is 11. The normalized spacial score (nSPS) is 19.7. The molecule has 2 aliphatic rings. The van der Waals surface area contributed by atoms with Crippen LogP contribution in [0.15, 0.2) is 66.8 Å².